The van der Waals surface area contributed by atoms with Gasteiger partial charge >= 0.3 is 0 Å². The van der Waals surface area contributed by atoms with Crippen LogP contribution >= 0.6 is 12.4 Å². The molecule has 0 bridgehead atoms. The Bertz CT molecular complexity index is 556. The van der Waals surface area contributed by atoms with Crippen molar-refractivity contribution in [1.82, 2.24) is 5.32 Å². The lowest BCUT2D eigenvalue weighted by Gasteiger charge is -2.36. The van der Waals surface area contributed by atoms with Crippen molar-refractivity contribution in [2.24, 2.45) is 5.92 Å². The first-order valence-corrected chi connectivity index (χ1v) is 8.78. The Labute approximate surface area is 151 Å². The van der Waals surface area contributed by atoms with E-state index < -0.39 is 5.60 Å². The Hall–Kier alpha value is -1.35. The van der Waals surface area contributed by atoms with Gasteiger partial charge in [-0.2, -0.15) is 0 Å². The molecule has 1 saturated carbocycles. The predicted octanol–water partition coefficient (Wildman–Crippen LogP) is 4.51. The minimum atomic E-state index is -0.964. The predicted molar refractivity (Wildman–Crippen MR) is 103 cm³/mol. The van der Waals surface area contributed by atoms with Crippen LogP contribution in [0.2, 0.25) is 0 Å². The number of benzene rings is 2. The highest BCUT2D eigenvalue weighted by atomic mass is 35.5. The van der Waals surface area contributed by atoms with Gasteiger partial charge in [-0.25, -0.2) is 0 Å². The number of hydrogen-bond acceptors (Lipinski definition) is 2. The molecule has 0 saturated heterocycles. The first kappa shape index (κ1) is 19.0. The topological polar surface area (TPSA) is 32.3 Å². The van der Waals surface area contributed by atoms with E-state index in [0.29, 0.717) is 6.04 Å². The average Bonchev–Trinajstić information content (AvgIpc) is 3.14. The molecule has 0 heterocycles. The van der Waals surface area contributed by atoms with Gasteiger partial charge in [0.15, 0.2) is 0 Å². The van der Waals surface area contributed by atoms with Gasteiger partial charge < -0.3 is 10.4 Å². The van der Waals surface area contributed by atoms with Crippen LogP contribution in [0.1, 0.15) is 43.7 Å². The summed E-state index contributed by atoms with van der Waals surface area (Å²) in [7, 11) is 0. The Balaban J connectivity index is 0.00000208. The van der Waals surface area contributed by atoms with Crippen LogP contribution < -0.4 is 5.32 Å². The maximum atomic E-state index is 11.7. The highest BCUT2D eigenvalue weighted by Crippen LogP contribution is 2.36. The second-order valence-corrected chi connectivity index (χ2v) is 6.79. The molecule has 1 atom stereocenters. The minimum absolute atomic E-state index is 0. The van der Waals surface area contributed by atoms with Crippen LogP contribution in [-0.2, 0) is 5.60 Å². The lowest BCUT2D eigenvalue weighted by atomic mass is 9.77. The summed E-state index contributed by atoms with van der Waals surface area (Å²) in [5.41, 5.74) is 0.965. The summed E-state index contributed by atoms with van der Waals surface area (Å²) in [4.78, 5) is 0. The molecule has 0 aromatic heterocycles. The molecule has 2 N–H and O–H groups in total. The first-order chi connectivity index (χ1) is 11.2. The molecule has 0 radical (unpaired) electrons. The van der Waals surface area contributed by atoms with Crippen LogP contribution in [0, 0.1) is 5.92 Å². The summed E-state index contributed by atoms with van der Waals surface area (Å²) in [6, 6.07) is 20.7. The van der Waals surface area contributed by atoms with E-state index in [4.69, 9.17) is 0 Å². The van der Waals surface area contributed by atoms with Gasteiger partial charge in [-0.05, 0) is 24.0 Å². The van der Waals surface area contributed by atoms with Gasteiger partial charge in [0.1, 0.15) is 5.60 Å². The van der Waals surface area contributed by atoms with Crippen LogP contribution in [0.15, 0.2) is 60.7 Å². The summed E-state index contributed by atoms with van der Waals surface area (Å²) in [5.74, 6) is 0.0906. The summed E-state index contributed by atoms with van der Waals surface area (Å²) in [6.07, 6.45) is 5.19. The van der Waals surface area contributed by atoms with Crippen molar-refractivity contribution < 1.29 is 5.11 Å². The Morgan fingerprint density at radius 1 is 0.958 bits per heavy atom. The maximum absolute atomic E-state index is 11.7. The molecule has 130 valence electrons. The van der Waals surface area contributed by atoms with Gasteiger partial charge in [0.25, 0.3) is 0 Å². The maximum Gasteiger partial charge on any atom is 0.118 e. The van der Waals surface area contributed by atoms with E-state index in [-0.39, 0.29) is 18.3 Å². The minimum Gasteiger partial charge on any atom is -0.380 e. The van der Waals surface area contributed by atoms with Gasteiger partial charge in [0, 0.05) is 18.5 Å². The smallest absolute Gasteiger partial charge is 0.118 e. The summed E-state index contributed by atoms with van der Waals surface area (Å²) < 4.78 is 0. The molecule has 2 nitrogen and oxygen atoms in total. The van der Waals surface area contributed by atoms with Crippen LogP contribution in [-0.4, -0.2) is 17.7 Å². The van der Waals surface area contributed by atoms with E-state index >= 15 is 0 Å². The monoisotopic (exact) mass is 345 g/mol. The molecular weight excluding hydrogens is 318 g/mol. The summed E-state index contributed by atoms with van der Waals surface area (Å²) >= 11 is 0. The van der Waals surface area contributed by atoms with Crippen LogP contribution in [0.3, 0.4) is 0 Å². The van der Waals surface area contributed by atoms with Gasteiger partial charge in [-0.3, -0.25) is 0 Å². The third-order valence-electron chi connectivity index (χ3n) is 5.21. The number of nitrogens with one attached hydrogen (secondary N) is 1. The number of hydrogen-bond donors (Lipinski definition) is 2. The third-order valence-corrected chi connectivity index (χ3v) is 5.21. The molecule has 1 aliphatic carbocycles. The fourth-order valence-corrected chi connectivity index (χ4v) is 3.74. The van der Waals surface area contributed by atoms with E-state index in [9.17, 15) is 5.11 Å². The van der Waals surface area contributed by atoms with Crippen molar-refractivity contribution in [3.05, 3.63) is 71.8 Å². The molecule has 0 amide bonds. The van der Waals surface area contributed by atoms with Crippen LogP contribution in [0.4, 0.5) is 0 Å². The standard InChI is InChI=1S/C21H27NO.ClH/c1-17(16-22-20-14-8-9-15-20)21(23,18-10-4-2-5-11-18)19-12-6-3-7-13-19;/h2-7,10-13,17,20,22-23H,8-9,14-16H2,1H3;1H. The number of rotatable bonds is 6. The second kappa shape index (κ2) is 8.66. The van der Waals surface area contributed by atoms with Gasteiger partial charge in [0.05, 0.1) is 0 Å². The Kier molecular flexibility index (Phi) is 6.85. The molecule has 1 aliphatic rings. The second-order valence-electron chi connectivity index (χ2n) is 6.79. The van der Waals surface area contributed by atoms with E-state index in [1.54, 1.807) is 0 Å². The third kappa shape index (κ3) is 4.00. The van der Waals surface area contributed by atoms with Crippen molar-refractivity contribution in [2.75, 3.05) is 6.54 Å². The fourth-order valence-electron chi connectivity index (χ4n) is 3.74. The summed E-state index contributed by atoms with van der Waals surface area (Å²) in [5, 5.41) is 15.3. The largest absolute Gasteiger partial charge is 0.380 e. The number of aliphatic hydroxyl groups is 1. The molecule has 1 fully saturated rings. The van der Waals surface area contributed by atoms with Crippen molar-refractivity contribution in [2.45, 2.75) is 44.2 Å². The zero-order valence-corrected chi connectivity index (χ0v) is 15.1. The van der Waals surface area contributed by atoms with E-state index in [1.807, 2.05) is 60.7 Å². The van der Waals surface area contributed by atoms with Crippen molar-refractivity contribution in [3.8, 4) is 0 Å². The Morgan fingerprint density at radius 2 is 1.42 bits per heavy atom. The van der Waals surface area contributed by atoms with Gasteiger partial charge in [-0.15, -0.1) is 12.4 Å². The molecule has 1 unspecified atom stereocenters. The normalized spacial score (nSPS) is 16.6. The SMILES string of the molecule is CC(CNC1CCCC1)C(O)(c1ccccc1)c1ccccc1.Cl. The Morgan fingerprint density at radius 3 is 1.88 bits per heavy atom. The summed E-state index contributed by atoms with van der Waals surface area (Å²) in [6.45, 7) is 2.97. The van der Waals surface area contributed by atoms with Crippen molar-refractivity contribution in [1.29, 1.82) is 0 Å². The zero-order valence-electron chi connectivity index (χ0n) is 14.3. The fraction of sp³-hybridized carbons (Fsp3) is 0.429. The van der Waals surface area contributed by atoms with Gasteiger partial charge in [0.2, 0.25) is 0 Å². The van der Waals surface area contributed by atoms with E-state index in [2.05, 4.69) is 12.2 Å². The molecule has 0 aliphatic heterocycles. The quantitative estimate of drug-likeness (QED) is 0.807. The highest BCUT2D eigenvalue weighted by molar-refractivity contribution is 5.85. The molecule has 3 rings (SSSR count). The van der Waals surface area contributed by atoms with Crippen molar-refractivity contribution >= 4 is 12.4 Å². The van der Waals surface area contributed by atoms with Crippen molar-refractivity contribution in [3.63, 3.8) is 0 Å². The van der Waals surface area contributed by atoms with Crippen LogP contribution in [0.5, 0.6) is 0 Å². The molecule has 2 aromatic rings. The first-order valence-electron chi connectivity index (χ1n) is 8.78. The number of halogens is 1. The zero-order chi connectivity index (χ0) is 16.1. The lowest BCUT2D eigenvalue weighted by Crippen LogP contribution is -2.42. The molecule has 2 aromatic carbocycles. The van der Waals surface area contributed by atoms with E-state index in [0.717, 1.165) is 17.7 Å². The molecule has 0 spiro atoms. The average molecular weight is 346 g/mol. The molecular formula is C21H28ClNO. The molecule has 24 heavy (non-hydrogen) atoms. The lowest BCUT2D eigenvalue weighted by molar-refractivity contribution is 0.0231. The van der Waals surface area contributed by atoms with Gasteiger partial charge in [-0.1, -0.05) is 80.4 Å². The van der Waals surface area contributed by atoms with Crippen LogP contribution in [0.25, 0.3) is 0 Å². The van der Waals surface area contributed by atoms with E-state index in [1.165, 1.54) is 25.7 Å². The highest BCUT2D eigenvalue weighted by Gasteiger charge is 2.37. The molecule has 3 heteroatoms.